The van der Waals surface area contributed by atoms with Crippen LogP contribution in [0.1, 0.15) is 40.7 Å². The number of aliphatic hydroxyl groups is 1. The van der Waals surface area contributed by atoms with Crippen LogP contribution in [-0.2, 0) is 21.7 Å². The maximum atomic E-state index is 12.5. The van der Waals surface area contributed by atoms with Gasteiger partial charge in [-0.25, -0.2) is 4.98 Å². The first kappa shape index (κ1) is 21.5. The van der Waals surface area contributed by atoms with Crippen molar-refractivity contribution in [3.63, 3.8) is 0 Å². The Morgan fingerprint density at radius 1 is 0.969 bits per heavy atom. The van der Waals surface area contributed by atoms with Gasteiger partial charge in [0.25, 0.3) is 0 Å². The molecule has 0 saturated heterocycles. The van der Waals surface area contributed by atoms with Gasteiger partial charge in [0.1, 0.15) is 6.42 Å². The van der Waals surface area contributed by atoms with Crippen LogP contribution in [0.3, 0.4) is 0 Å². The van der Waals surface area contributed by atoms with E-state index in [0.29, 0.717) is 40.1 Å². The second-order valence-corrected chi connectivity index (χ2v) is 7.50. The molecular weight excluding hydrogens is 404 g/mol. The second kappa shape index (κ2) is 8.77. The topological polar surface area (TPSA) is 81.4 Å². The third-order valence-corrected chi connectivity index (χ3v) is 5.63. The van der Waals surface area contributed by atoms with Gasteiger partial charge in [-0.3, -0.25) is 9.59 Å². The minimum Gasteiger partial charge on any atom is -0.469 e. The van der Waals surface area contributed by atoms with E-state index >= 15 is 0 Å². The van der Waals surface area contributed by atoms with Crippen LogP contribution in [0.2, 0.25) is 0 Å². The molecule has 4 rings (SSSR count). The predicted octanol–water partition coefficient (Wildman–Crippen LogP) is 4.09. The molecule has 0 aliphatic carbocycles. The van der Waals surface area contributed by atoms with Crippen molar-refractivity contribution < 1.29 is 19.4 Å². The summed E-state index contributed by atoms with van der Waals surface area (Å²) in [6.07, 6.45) is -0.326. The molecule has 0 aliphatic heterocycles. The van der Waals surface area contributed by atoms with Gasteiger partial charge < -0.3 is 14.4 Å². The molecule has 1 heterocycles. The van der Waals surface area contributed by atoms with E-state index in [4.69, 9.17) is 4.98 Å². The van der Waals surface area contributed by atoms with Gasteiger partial charge in [-0.15, -0.1) is 0 Å². The first-order valence-electron chi connectivity index (χ1n) is 10.4. The van der Waals surface area contributed by atoms with E-state index in [2.05, 4.69) is 4.74 Å². The van der Waals surface area contributed by atoms with Crippen molar-refractivity contribution in [2.75, 3.05) is 7.11 Å². The Morgan fingerprint density at radius 2 is 1.56 bits per heavy atom. The van der Waals surface area contributed by atoms with Crippen molar-refractivity contribution >= 4 is 22.8 Å². The van der Waals surface area contributed by atoms with Crippen LogP contribution in [0.5, 0.6) is 0 Å². The molecule has 0 spiro atoms. The van der Waals surface area contributed by atoms with Crippen LogP contribution in [0.4, 0.5) is 0 Å². The molecule has 0 unspecified atom stereocenters. The molecule has 1 aromatic heterocycles. The molecule has 0 bridgehead atoms. The Kier molecular flexibility index (Phi) is 5.88. The molecule has 162 valence electrons. The highest BCUT2D eigenvalue weighted by Gasteiger charge is 2.38. The zero-order valence-electron chi connectivity index (χ0n) is 18.0. The molecule has 6 heteroatoms. The van der Waals surface area contributed by atoms with Crippen LogP contribution in [0.15, 0.2) is 78.9 Å². The van der Waals surface area contributed by atoms with E-state index in [1.54, 1.807) is 18.2 Å². The Balaban J connectivity index is 1.92. The third kappa shape index (κ3) is 3.69. The second-order valence-electron chi connectivity index (χ2n) is 7.50. The lowest BCUT2D eigenvalue weighted by molar-refractivity contribution is -0.139. The monoisotopic (exact) mass is 428 g/mol. The molecule has 6 nitrogen and oxygen atoms in total. The van der Waals surface area contributed by atoms with Gasteiger partial charge in [0.2, 0.25) is 0 Å². The van der Waals surface area contributed by atoms with Crippen molar-refractivity contribution in [3.8, 4) is 0 Å². The summed E-state index contributed by atoms with van der Waals surface area (Å²) in [6, 6.07) is 23.9. The number of imidazole rings is 1. The highest BCUT2D eigenvalue weighted by Crippen LogP contribution is 2.37. The van der Waals surface area contributed by atoms with Crippen LogP contribution in [-0.4, -0.2) is 33.5 Å². The summed E-state index contributed by atoms with van der Waals surface area (Å²) in [5, 5.41) is 12.2. The number of aromatic nitrogens is 2. The van der Waals surface area contributed by atoms with E-state index in [1.807, 2.05) is 72.2 Å². The Bertz CT molecular complexity index is 1220. The standard InChI is InChI=1S/C26H24N2O4/c1-3-28-22-16-18(23(29)17-24(30)32-2)14-15-21(22)27-25(28)26(31,19-10-6-4-7-11-19)20-12-8-5-9-13-20/h4-16,31H,3,17H2,1-2H3. The summed E-state index contributed by atoms with van der Waals surface area (Å²) < 4.78 is 6.52. The van der Waals surface area contributed by atoms with E-state index in [1.165, 1.54) is 7.11 Å². The fourth-order valence-electron chi connectivity index (χ4n) is 3.98. The van der Waals surface area contributed by atoms with Crippen LogP contribution in [0, 0.1) is 0 Å². The highest BCUT2D eigenvalue weighted by atomic mass is 16.5. The number of hydrogen-bond donors (Lipinski definition) is 1. The average Bonchev–Trinajstić information content (AvgIpc) is 3.22. The number of nitrogens with zero attached hydrogens (tertiary/aromatic N) is 2. The van der Waals surface area contributed by atoms with Crippen molar-refractivity contribution in [2.24, 2.45) is 0 Å². The zero-order valence-corrected chi connectivity index (χ0v) is 18.0. The molecule has 4 aromatic rings. The minimum atomic E-state index is -1.49. The summed E-state index contributed by atoms with van der Waals surface area (Å²) in [5.74, 6) is -0.446. The minimum absolute atomic E-state index is 0.326. The molecule has 0 amide bonds. The number of methoxy groups -OCH3 is 1. The molecule has 0 aliphatic rings. The number of benzene rings is 3. The summed E-state index contributed by atoms with van der Waals surface area (Å²) in [4.78, 5) is 28.9. The van der Waals surface area contributed by atoms with Crippen molar-refractivity contribution in [1.29, 1.82) is 0 Å². The number of Topliss-reactive ketones (excluding diaryl/α,β-unsaturated/α-hetero) is 1. The van der Waals surface area contributed by atoms with E-state index < -0.39 is 11.6 Å². The molecule has 0 fully saturated rings. The van der Waals surface area contributed by atoms with E-state index in [-0.39, 0.29) is 12.2 Å². The normalized spacial score (nSPS) is 11.5. The number of hydrogen-bond acceptors (Lipinski definition) is 5. The molecule has 32 heavy (non-hydrogen) atoms. The van der Waals surface area contributed by atoms with Crippen molar-refractivity contribution in [2.45, 2.75) is 25.5 Å². The number of ether oxygens (including phenoxy) is 1. The average molecular weight is 428 g/mol. The van der Waals surface area contributed by atoms with Gasteiger partial charge in [0.05, 0.1) is 18.1 Å². The van der Waals surface area contributed by atoms with Gasteiger partial charge >= 0.3 is 5.97 Å². The number of ketones is 1. The highest BCUT2D eigenvalue weighted by molar-refractivity contribution is 6.07. The van der Waals surface area contributed by atoms with Gasteiger partial charge in [0.15, 0.2) is 17.2 Å². The summed E-state index contributed by atoms with van der Waals surface area (Å²) in [6.45, 7) is 2.49. The molecule has 0 saturated carbocycles. The van der Waals surface area contributed by atoms with Gasteiger partial charge in [0, 0.05) is 12.1 Å². The fraction of sp³-hybridized carbons (Fsp3) is 0.192. The summed E-state index contributed by atoms with van der Waals surface area (Å²) in [5.41, 5.74) is 1.65. The van der Waals surface area contributed by atoms with E-state index in [9.17, 15) is 14.7 Å². The molecule has 1 N–H and O–H groups in total. The number of aryl methyl sites for hydroxylation is 1. The zero-order chi connectivity index (χ0) is 22.7. The van der Waals surface area contributed by atoms with Gasteiger partial charge in [-0.2, -0.15) is 0 Å². The molecule has 3 aromatic carbocycles. The first-order chi connectivity index (χ1) is 15.5. The van der Waals surface area contributed by atoms with E-state index in [0.717, 1.165) is 0 Å². The largest absolute Gasteiger partial charge is 0.469 e. The molecular formula is C26H24N2O4. The SMILES string of the molecule is CCn1c(C(O)(c2ccccc2)c2ccccc2)nc2ccc(C(=O)CC(=O)OC)cc21. The van der Waals surface area contributed by atoms with Crippen molar-refractivity contribution in [1.82, 2.24) is 9.55 Å². The maximum Gasteiger partial charge on any atom is 0.313 e. The van der Waals surface area contributed by atoms with Crippen LogP contribution in [0.25, 0.3) is 11.0 Å². The Labute approximate surface area is 186 Å². The number of carbonyl (C=O) groups excluding carboxylic acids is 2. The fourth-order valence-corrected chi connectivity index (χ4v) is 3.98. The summed E-state index contributed by atoms with van der Waals surface area (Å²) in [7, 11) is 1.26. The smallest absolute Gasteiger partial charge is 0.313 e. The summed E-state index contributed by atoms with van der Waals surface area (Å²) >= 11 is 0. The third-order valence-electron chi connectivity index (χ3n) is 5.63. The lowest BCUT2D eigenvalue weighted by Crippen LogP contribution is -2.32. The number of fused-ring (bicyclic) bond motifs is 1. The lowest BCUT2D eigenvalue weighted by Gasteiger charge is -2.29. The number of carbonyl (C=O) groups is 2. The van der Waals surface area contributed by atoms with Gasteiger partial charge in [-0.05, 0) is 36.2 Å². The lowest BCUT2D eigenvalue weighted by atomic mass is 9.85. The number of rotatable bonds is 7. The first-order valence-corrected chi connectivity index (χ1v) is 10.4. The quantitative estimate of drug-likeness (QED) is 0.272. The van der Waals surface area contributed by atoms with Crippen LogP contribution >= 0.6 is 0 Å². The maximum absolute atomic E-state index is 12.5. The Morgan fingerprint density at radius 3 is 2.09 bits per heavy atom. The number of esters is 1. The predicted molar refractivity (Wildman–Crippen MR) is 121 cm³/mol. The van der Waals surface area contributed by atoms with Crippen molar-refractivity contribution in [3.05, 3.63) is 101 Å². The Hall–Kier alpha value is -3.77. The van der Waals surface area contributed by atoms with Crippen LogP contribution < -0.4 is 0 Å². The van der Waals surface area contributed by atoms with Gasteiger partial charge in [-0.1, -0.05) is 60.7 Å². The molecule has 0 radical (unpaired) electrons. The molecule has 0 atom stereocenters.